The van der Waals surface area contributed by atoms with E-state index in [1.807, 2.05) is 29.9 Å². The maximum absolute atomic E-state index is 5.35. The summed E-state index contributed by atoms with van der Waals surface area (Å²) < 4.78 is 7.27. The highest BCUT2D eigenvalue weighted by Gasteiger charge is 2.03. The SMILES string of the molecule is CCNC(=NCc1ccccc1Cn1cccn1)NCCOCC.I. The highest BCUT2D eigenvalue weighted by atomic mass is 127. The van der Waals surface area contributed by atoms with Crippen LogP contribution in [0.2, 0.25) is 0 Å². The van der Waals surface area contributed by atoms with Crippen molar-refractivity contribution in [3.05, 3.63) is 53.9 Å². The summed E-state index contributed by atoms with van der Waals surface area (Å²) in [5.41, 5.74) is 2.44. The summed E-state index contributed by atoms with van der Waals surface area (Å²) in [4.78, 5) is 4.68. The molecule has 0 bridgehead atoms. The second-order valence-corrected chi connectivity index (χ2v) is 5.29. The number of hydrogen-bond acceptors (Lipinski definition) is 3. The quantitative estimate of drug-likeness (QED) is 0.263. The van der Waals surface area contributed by atoms with Crippen LogP contribution >= 0.6 is 24.0 Å². The summed E-state index contributed by atoms with van der Waals surface area (Å²) >= 11 is 0. The summed E-state index contributed by atoms with van der Waals surface area (Å²) in [5, 5.41) is 10.8. The van der Waals surface area contributed by atoms with E-state index < -0.39 is 0 Å². The van der Waals surface area contributed by atoms with Gasteiger partial charge in [0.2, 0.25) is 0 Å². The number of aromatic nitrogens is 2. The molecule has 0 fully saturated rings. The summed E-state index contributed by atoms with van der Waals surface area (Å²) in [6.07, 6.45) is 3.77. The molecule has 2 N–H and O–H groups in total. The molecule has 0 radical (unpaired) electrons. The molecule has 2 aromatic rings. The smallest absolute Gasteiger partial charge is 0.191 e. The average Bonchev–Trinajstić information content (AvgIpc) is 3.10. The highest BCUT2D eigenvalue weighted by Crippen LogP contribution is 2.11. The lowest BCUT2D eigenvalue weighted by atomic mass is 10.1. The van der Waals surface area contributed by atoms with Gasteiger partial charge in [0.15, 0.2) is 5.96 Å². The zero-order valence-corrected chi connectivity index (χ0v) is 17.3. The van der Waals surface area contributed by atoms with Crippen molar-refractivity contribution in [2.45, 2.75) is 26.9 Å². The first-order valence-electron chi connectivity index (χ1n) is 8.47. The van der Waals surface area contributed by atoms with Gasteiger partial charge in [-0.3, -0.25) is 4.68 Å². The Bertz CT molecular complexity index is 616. The minimum Gasteiger partial charge on any atom is -0.380 e. The van der Waals surface area contributed by atoms with Crippen LogP contribution in [-0.2, 0) is 17.8 Å². The Morgan fingerprint density at radius 2 is 1.96 bits per heavy atom. The number of hydrogen-bond donors (Lipinski definition) is 2. The van der Waals surface area contributed by atoms with Crippen molar-refractivity contribution >= 4 is 29.9 Å². The second kappa shape index (κ2) is 12.7. The first kappa shape index (κ1) is 21.4. The van der Waals surface area contributed by atoms with Gasteiger partial charge in [0.1, 0.15) is 0 Å². The molecule has 0 saturated carbocycles. The lowest BCUT2D eigenvalue weighted by Crippen LogP contribution is -2.39. The maximum Gasteiger partial charge on any atom is 0.191 e. The second-order valence-electron chi connectivity index (χ2n) is 5.29. The van der Waals surface area contributed by atoms with Gasteiger partial charge in [0.25, 0.3) is 0 Å². The number of aliphatic imine (C=N–C) groups is 1. The Hall–Kier alpha value is -1.61. The molecule has 0 aliphatic carbocycles. The van der Waals surface area contributed by atoms with Crippen molar-refractivity contribution in [1.82, 2.24) is 20.4 Å². The van der Waals surface area contributed by atoms with Gasteiger partial charge in [-0.1, -0.05) is 24.3 Å². The topological polar surface area (TPSA) is 63.5 Å². The lowest BCUT2D eigenvalue weighted by molar-refractivity contribution is 0.152. The molecule has 0 unspecified atom stereocenters. The van der Waals surface area contributed by atoms with Crippen LogP contribution in [0.15, 0.2) is 47.7 Å². The number of nitrogens with zero attached hydrogens (tertiary/aromatic N) is 3. The first-order chi connectivity index (χ1) is 11.8. The first-order valence-corrected chi connectivity index (χ1v) is 8.47. The monoisotopic (exact) mass is 457 g/mol. The van der Waals surface area contributed by atoms with Crippen LogP contribution in [0.5, 0.6) is 0 Å². The molecule has 2 rings (SSSR count). The molecule has 0 amide bonds. The van der Waals surface area contributed by atoms with Gasteiger partial charge >= 0.3 is 0 Å². The molecule has 138 valence electrons. The van der Waals surface area contributed by atoms with Crippen molar-refractivity contribution in [2.24, 2.45) is 4.99 Å². The van der Waals surface area contributed by atoms with E-state index in [0.29, 0.717) is 13.2 Å². The van der Waals surface area contributed by atoms with Crippen molar-refractivity contribution < 1.29 is 4.74 Å². The summed E-state index contributed by atoms with van der Waals surface area (Å²) in [6.45, 7) is 8.42. The van der Waals surface area contributed by atoms with Crippen LogP contribution in [0.3, 0.4) is 0 Å². The van der Waals surface area contributed by atoms with E-state index in [-0.39, 0.29) is 24.0 Å². The normalized spacial score (nSPS) is 11.0. The average molecular weight is 457 g/mol. The highest BCUT2D eigenvalue weighted by molar-refractivity contribution is 14.0. The molecule has 0 saturated heterocycles. The lowest BCUT2D eigenvalue weighted by Gasteiger charge is -2.12. The Morgan fingerprint density at radius 1 is 1.16 bits per heavy atom. The van der Waals surface area contributed by atoms with E-state index in [4.69, 9.17) is 4.74 Å². The summed E-state index contributed by atoms with van der Waals surface area (Å²) in [6, 6.07) is 10.3. The van der Waals surface area contributed by atoms with Crippen molar-refractivity contribution in [1.29, 1.82) is 0 Å². The van der Waals surface area contributed by atoms with Crippen LogP contribution in [0.25, 0.3) is 0 Å². The van der Waals surface area contributed by atoms with Gasteiger partial charge in [-0.15, -0.1) is 24.0 Å². The van der Waals surface area contributed by atoms with Crippen molar-refractivity contribution in [2.75, 3.05) is 26.3 Å². The van der Waals surface area contributed by atoms with E-state index in [1.54, 1.807) is 6.20 Å². The standard InChI is InChI=1S/C18H27N5O.HI/c1-3-19-18(20-11-13-24-4-2)21-14-16-8-5-6-9-17(16)15-23-12-7-10-22-23;/h5-10,12H,3-4,11,13-15H2,1-2H3,(H2,19,20,21);1H. The van der Waals surface area contributed by atoms with Gasteiger partial charge in [-0.25, -0.2) is 4.99 Å². The van der Waals surface area contributed by atoms with E-state index in [9.17, 15) is 0 Å². The molecule has 0 spiro atoms. The number of rotatable bonds is 9. The summed E-state index contributed by atoms with van der Waals surface area (Å²) in [7, 11) is 0. The van der Waals surface area contributed by atoms with Crippen molar-refractivity contribution in [3.8, 4) is 0 Å². The summed E-state index contributed by atoms with van der Waals surface area (Å²) in [5.74, 6) is 0.811. The molecule has 0 aliphatic heterocycles. The number of nitrogens with one attached hydrogen (secondary N) is 2. The Labute approximate surface area is 167 Å². The fraction of sp³-hybridized carbons (Fsp3) is 0.444. The van der Waals surface area contributed by atoms with Crippen LogP contribution < -0.4 is 10.6 Å². The predicted octanol–water partition coefficient (Wildman–Crippen LogP) is 2.64. The Morgan fingerprint density at radius 3 is 2.64 bits per heavy atom. The number of halogens is 1. The third-order valence-corrected chi connectivity index (χ3v) is 3.50. The molecule has 0 atom stereocenters. The van der Waals surface area contributed by atoms with Gasteiger partial charge in [-0.05, 0) is 31.0 Å². The van der Waals surface area contributed by atoms with E-state index in [2.05, 4.69) is 45.8 Å². The van der Waals surface area contributed by atoms with E-state index in [0.717, 1.165) is 32.2 Å². The van der Waals surface area contributed by atoms with Gasteiger partial charge in [0, 0.05) is 32.1 Å². The Balaban J connectivity index is 0.00000312. The fourth-order valence-electron chi connectivity index (χ4n) is 2.33. The largest absolute Gasteiger partial charge is 0.380 e. The third-order valence-electron chi connectivity index (χ3n) is 3.50. The van der Waals surface area contributed by atoms with Gasteiger partial charge in [0.05, 0.1) is 19.7 Å². The molecule has 1 aromatic carbocycles. The zero-order valence-electron chi connectivity index (χ0n) is 14.9. The van der Waals surface area contributed by atoms with Crippen LogP contribution in [0.1, 0.15) is 25.0 Å². The maximum atomic E-state index is 5.35. The molecule has 1 aromatic heterocycles. The fourth-order valence-corrected chi connectivity index (χ4v) is 2.33. The minimum absolute atomic E-state index is 0. The molecule has 25 heavy (non-hydrogen) atoms. The predicted molar refractivity (Wildman–Crippen MR) is 112 cm³/mol. The van der Waals surface area contributed by atoms with E-state index in [1.165, 1.54) is 11.1 Å². The van der Waals surface area contributed by atoms with Crippen LogP contribution in [0.4, 0.5) is 0 Å². The van der Waals surface area contributed by atoms with Crippen molar-refractivity contribution in [3.63, 3.8) is 0 Å². The molecule has 0 aliphatic rings. The third kappa shape index (κ3) is 7.87. The zero-order chi connectivity index (χ0) is 17.0. The number of benzene rings is 1. The molecular formula is C18H28IN5O. The molecule has 6 nitrogen and oxygen atoms in total. The molecule has 7 heteroatoms. The van der Waals surface area contributed by atoms with E-state index >= 15 is 0 Å². The van der Waals surface area contributed by atoms with Gasteiger partial charge < -0.3 is 15.4 Å². The van der Waals surface area contributed by atoms with Gasteiger partial charge in [-0.2, -0.15) is 5.10 Å². The minimum atomic E-state index is 0. The molecule has 1 heterocycles. The number of guanidine groups is 1. The molecular weight excluding hydrogens is 429 g/mol. The Kier molecular flexibility index (Phi) is 10.9. The van der Waals surface area contributed by atoms with Crippen LogP contribution in [0, 0.1) is 0 Å². The van der Waals surface area contributed by atoms with Crippen LogP contribution in [-0.4, -0.2) is 42.0 Å². The number of ether oxygens (including phenoxy) is 1.